The van der Waals surface area contributed by atoms with E-state index in [-0.39, 0.29) is 5.82 Å². The van der Waals surface area contributed by atoms with E-state index in [2.05, 4.69) is 10.4 Å². The molecule has 9 heteroatoms. The summed E-state index contributed by atoms with van der Waals surface area (Å²) in [4.78, 5) is 9.60. The lowest BCUT2D eigenvalue weighted by atomic mass is 9.79. The van der Waals surface area contributed by atoms with Crippen LogP contribution >= 0.6 is 0 Å². The first-order valence-electron chi connectivity index (χ1n) is 10.2. The molecule has 31 heavy (non-hydrogen) atoms. The molecular weight excluding hydrogens is 396 g/mol. The molecule has 4 aromatic rings. The number of fused-ring (bicyclic) bond motifs is 2. The van der Waals surface area contributed by atoms with Crippen LogP contribution in [0.15, 0.2) is 42.5 Å². The zero-order valence-corrected chi connectivity index (χ0v) is 17.3. The molecule has 0 amide bonds. The Hall–Kier alpha value is -3.30. The van der Waals surface area contributed by atoms with Crippen molar-refractivity contribution in [3.05, 3.63) is 65.1 Å². The van der Waals surface area contributed by atoms with Crippen LogP contribution in [-0.4, -0.2) is 31.9 Å². The number of aryl methyl sites for hydroxylation is 2. The predicted molar refractivity (Wildman–Crippen MR) is 117 cm³/mol. The van der Waals surface area contributed by atoms with Gasteiger partial charge in [-0.3, -0.25) is 0 Å². The normalized spacial score (nSPS) is 13.1. The monoisotopic (exact) mass is 417 g/mol. The number of nitrogens with one attached hydrogen (secondary N) is 1. The number of aromatic nitrogens is 4. The fourth-order valence-corrected chi connectivity index (χ4v) is 3.89. The van der Waals surface area contributed by atoms with Crippen molar-refractivity contribution >= 4 is 29.4 Å². The SMILES string of the molecule is CCc1nn(C)c2nc(-c3ccc4c(c3)COB4O)nc(NCc3ccc(F)cc3)c12. The van der Waals surface area contributed by atoms with E-state index in [0.29, 0.717) is 24.8 Å². The summed E-state index contributed by atoms with van der Waals surface area (Å²) in [6.07, 6.45) is 0.749. The topological polar surface area (TPSA) is 85.1 Å². The second-order valence-electron chi connectivity index (χ2n) is 7.58. The predicted octanol–water partition coefficient (Wildman–Crippen LogP) is 2.56. The van der Waals surface area contributed by atoms with E-state index in [1.807, 2.05) is 32.2 Å². The van der Waals surface area contributed by atoms with Gasteiger partial charge in [-0.25, -0.2) is 19.0 Å². The highest BCUT2D eigenvalue weighted by atomic mass is 19.1. The number of nitrogens with zero attached hydrogens (tertiary/aromatic N) is 4. The van der Waals surface area contributed by atoms with Crippen molar-refractivity contribution < 1.29 is 14.1 Å². The summed E-state index contributed by atoms with van der Waals surface area (Å²) in [7, 11) is 0.985. The maximum atomic E-state index is 13.2. The van der Waals surface area contributed by atoms with Crippen molar-refractivity contribution in [2.45, 2.75) is 26.5 Å². The molecular formula is C22H21BFN5O2. The highest BCUT2D eigenvalue weighted by Gasteiger charge is 2.27. The molecule has 0 atom stereocenters. The molecule has 156 valence electrons. The van der Waals surface area contributed by atoms with Crippen LogP contribution in [0.5, 0.6) is 0 Å². The van der Waals surface area contributed by atoms with E-state index in [9.17, 15) is 9.41 Å². The first-order valence-corrected chi connectivity index (χ1v) is 10.2. The van der Waals surface area contributed by atoms with Gasteiger partial charge in [0.2, 0.25) is 0 Å². The van der Waals surface area contributed by atoms with E-state index in [0.717, 1.165) is 45.3 Å². The van der Waals surface area contributed by atoms with Gasteiger partial charge in [0.1, 0.15) is 11.6 Å². The zero-order chi connectivity index (χ0) is 21.5. The van der Waals surface area contributed by atoms with Crippen molar-refractivity contribution in [1.29, 1.82) is 0 Å². The fraction of sp³-hybridized carbons (Fsp3) is 0.227. The summed E-state index contributed by atoms with van der Waals surface area (Å²) < 4.78 is 20.3. The molecule has 7 nitrogen and oxygen atoms in total. The molecule has 0 spiro atoms. The lowest BCUT2D eigenvalue weighted by Crippen LogP contribution is -2.27. The Morgan fingerprint density at radius 3 is 2.77 bits per heavy atom. The molecule has 0 aliphatic carbocycles. The van der Waals surface area contributed by atoms with Gasteiger partial charge in [0.15, 0.2) is 11.5 Å². The summed E-state index contributed by atoms with van der Waals surface area (Å²) in [5.74, 6) is 0.983. The van der Waals surface area contributed by atoms with Gasteiger partial charge in [0, 0.05) is 19.2 Å². The second-order valence-corrected chi connectivity index (χ2v) is 7.58. The molecule has 1 aliphatic rings. The lowest BCUT2D eigenvalue weighted by molar-refractivity contribution is 0.275. The van der Waals surface area contributed by atoms with E-state index in [1.54, 1.807) is 16.8 Å². The molecule has 0 bridgehead atoms. The summed E-state index contributed by atoms with van der Waals surface area (Å²) in [6.45, 7) is 2.90. The van der Waals surface area contributed by atoms with Crippen LogP contribution in [0.25, 0.3) is 22.4 Å². The van der Waals surface area contributed by atoms with Crippen molar-refractivity contribution in [3.63, 3.8) is 0 Å². The third kappa shape index (κ3) is 3.56. The van der Waals surface area contributed by atoms with Crippen molar-refractivity contribution in [1.82, 2.24) is 19.7 Å². The smallest absolute Gasteiger partial charge is 0.423 e. The van der Waals surface area contributed by atoms with E-state index >= 15 is 0 Å². The Labute approximate surface area is 179 Å². The van der Waals surface area contributed by atoms with Crippen LogP contribution in [0.4, 0.5) is 10.2 Å². The van der Waals surface area contributed by atoms with Crippen molar-refractivity contribution in [2.24, 2.45) is 7.05 Å². The van der Waals surface area contributed by atoms with Gasteiger partial charge in [-0.1, -0.05) is 31.2 Å². The third-order valence-electron chi connectivity index (χ3n) is 5.53. The summed E-state index contributed by atoms with van der Waals surface area (Å²) in [5, 5.41) is 18.8. The quantitative estimate of drug-likeness (QED) is 0.486. The van der Waals surface area contributed by atoms with Gasteiger partial charge < -0.3 is 15.0 Å². The van der Waals surface area contributed by atoms with Crippen molar-refractivity contribution in [3.8, 4) is 11.4 Å². The number of hydrogen-bond acceptors (Lipinski definition) is 6. The van der Waals surface area contributed by atoms with Gasteiger partial charge in [0.25, 0.3) is 0 Å². The fourth-order valence-electron chi connectivity index (χ4n) is 3.89. The van der Waals surface area contributed by atoms with Crippen LogP contribution in [0.2, 0.25) is 0 Å². The molecule has 0 fully saturated rings. The minimum absolute atomic E-state index is 0.262. The van der Waals surface area contributed by atoms with E-state index in [1.165, 1.54) is 12.1 Å². The van der Waals surface area contributed by atoms with Crippen LogP contribution in [0.1, 0.15) is 23.7 Å². The molecule has 2 aromatic carbocycles. The molecule has 0 saturated heterocycles. The lowest BCUT2D eigenvalue weighted by Gasteiger charge is -2.11. The summed E-state index contributed by atoms with van der Waals surface area (Å²) in [5.41, 5.74) is 5.13. The average molecular weight is 417 g/mol. The number of anilines is 1. The molecule has 5 rings (SSSR count). The van der Waals surface area contributed by atoms with E-state index in [4.69, 9.17) is 14.6 Å². The first kappa shape index (κ1) is 19.7. The third-order valence-corrected chi connectivity index (χ3v) is 5.53. The second kappa shape index (κ2) is 7.75. The van der Waals surface area contributed by atoms with Crippen LogP contribution in [0, 0.1) is 5.82 Å². The number of benzene rings is 2. The highest BCUT2D eigenvalue weighted by Crippen LogP contribution is 2.29. The molecule has 0 radical (unpaired) electrons. The van der Waals surface area contributed by atoms with Gasteiger partial charge in [0.05, 0.1) is 17.7 Å². The van der Waals surface area contributed by atoms with Crippen molar-refractivity contribution in [2.75, 3.05) is 5.32 Å². The van der Waals surface area contributed by atoms with Gasteiger partial charge in [-0.15, -0.1) is 0 Å². The summed E-state index contributed by atoms with van der Waals surface area (Å²) >= 11 is 0. The molecule has 1 aliphatic heterocycles. The zero-order valence-electron chi connectivity index (χ0n) is 17.3. The minimum Gasteiger partial charge on any atom is -0.423 e. The van der Waals surface area contributed by atoms with Crippen LogP contribution in [-0.2, 0) is 31.3 Å². The number of rotatable bonds is 5. The standard InChI is InChI=1S/C22H21BFN5O2/c1-3-18-19-21(25-11-13-4-7-16(24)8-5-13)26-20(27-22(19)29(2)28-18)14-6-9-17-15(10-14)12-31-23(17)30/h4-10,30H,3,11-12H2,1-2H3,(H,25,26,27). The largest absolute Gasteiger partial charge is 0.491 e. The van der Waals surface area contributed by atoms with Gasteiger partial charge >= 0.3 is 7.12 Å². The highest BCUT2D eigenvalue weighted by molar-refractivity contribution is 6.61. The maximum absolute atomic E-state index is 13.2. The number of halogens is 1. The molecule has 2 N–H and O–H groups in total. The van der Waals surface area contributed by atoms with Crippen LogP contribution < -0.4 is 10.8 Å². The first-order chi connectivity index (χ1) is 15.0. The van der Waals surface area contributed by atoms with Gasteiger partial charge in [-0.2, -0.15) is 5.10 Å². The molecule has 0 unspecified atom stereocenters. The Morgan fingerprint density at radius 2 is 2.00 bits per heavy atom. The van der Waals surface area contributed by atoms with Gasteiger partial charge in [-0.05, 0) is 41.2 Å². The molecule has 3 heterocycles. The Kier molecular flexibility index (Phi) is 4.92. The Morgan fingerprint density at radius 1 is 1.19 bits per heavy atom. The van der Waals surface area contributed by atoms with Crippen LogP contribution in [0.3, 0.4) is 0 Å². The number of hydrogen-bond donors (Lipinski definition) is 2. The Bertz CT molecular complexity index is 1280. The molecule has 0 saturated carbocycles. The maximum Gasteiger partial charge on any atom is 0.491 e. The minimum atomic E-state index is -0.885. The average Bonchev–Trinajstić information content (AvgIpc) is 3.32. The Balaban J connectivity index is 1.58. The summed E-state index contributed by atoms with van der Waals surface area (Å²) in [6, 6.07) is 12.1. The molecule has 2 aromatic heterocycles. The van der Waals surface area contributed by atoms with E-state index < -0.39 is 7.12 Å².